The molecule has 0 aliphatic heterocycles. The van der Waals surface area contributed by atoms with Gasteiger partial charge in [0.05, 0.1) is 0 Å². The second kappa shape index (κ2) is 2.60. The highest BCUT2D eigenvalue weighted by Crippen LogP contribution is 2.37. The minimum absolute atomic E-state index is 0.0744. The van der Waals surface area contributed by atoms with E-state index in [4.69, 9.17) is 5.11 Å². The molecule has 1 rings (SSSR count). The van der Waals surface area contributed by atoms with E-state index in [1.807, 2.05) is 0 Å². The first kappa shape index (κ1) is 6.93. The zero-order valence-corrected chi connectivity index (χ0v) is 5.06. The van der Waals surface area contributed by atoms with Crippen molar-refractivity contribution in [3.05, 3.63) is 0 Å². The summed E-state index contributed by atoms with van der Waals surface area (Å²) in [5, 5.41) is 8.47. The maximum absolute atomic E-state index is 11.8. The molecule has 1 N–H and O–H groups in total. The molecule has 0 spiro atoms. The Balaban J connectivity index is 2.27. The zero-order valence-electron chi connectivity index (χ0n) is 5.06. The first-order valence-electron chi connectivity index (χ1n) is 3.14. The normalized spacial score (nSPS) is 34.7. The number of aliphatic hydroxyl groups is 1. The zero-order chi connectivity index (χ0) is 6.85. The largest absolute Gasteiger partial charge is 0.396 e. The fourth-order valence-electron chi connectivity index (χ4n) is 1.15. The van der Waals surface area contributed by atoms with E-state index < -0.39 is 12.3 Å². The molecular weight excluding hydrogens is 126 g/mol. The van der Waals surface area contributed by atoms with Crippen LogP contribution in [0.15, 0.2) is 0 Å². The van der Waals surface area contributed by atoms with Gasteiger partial charge in [0.25, 0.3) is 0 Å². The molecule has 0 amide bonds. The quantitative estimate of drug-likeness (QED) is 0.606. The van der Waals surface area contributed by atoms with E-state index in [9.17, 15) is 8.78 Å². The molecule has 0 radical (unpaired) electrons. The number of rotatable bonds is 2. The van der Waals surface area contributed by atoms with Crippen molar-refractivity contribution in [3.8, 4) is 0 Å². The smallest absolute Gasteiger partial charge is 0.241 e. The van der Waals surface area contributed by atoms with Gasteiger partial charge in [-0.2, -0.15) is 0 Å². The van der Waals surface area contributed by atoms with Crippen LogP contribution in [0.25, 0.3) is 0 Å². The van der Waals surface area contributed by atoms with Crippen LogP contribution in [-0.2, 0) is 0 Å². The Labute approximate surface area is 52.7 Å². The van der Waals surface area contributed by atoms with Gasteiger partial charge in [-0.05, 0) is 18.8 Å². The van der Waals surface area contributed by atoms with Gasteiger partial charge in [0.2, 0.25) is 6.43 Å². The summed E-state index contributed by atoms with van der Waals surface area (Å²) in [6.07, 6.45) is -0.870. The summed E-state index contributed by atoms with van der Waals surface area (Å²) in [7, 11) is 0. The summed E-state index contributed by atoms with van der Waals surface area (Å²) in [5.41, 5.74) is 0. The topological polar surface area (TPSA) is 20.2 Å². The molecule has 0 aromatic rings. The fourth-order valence-corrected chi connectivity index (χ4v) is 1.15. The maximum Gasteiger partial charge on any atom is 0.241 e. The van der Waals surface area contributed by atoms with Gasteiger partial charge in [-0.3, -0.25) is 0 Å². The molecule has 0 unspecified atom stereocenters. The van der Waals surface area contributed by atoms with Crippen LogP contribution in [-0.4, -0.2) is 18.1 Å². The van der Waals surface area contributed by atoms with Gasteiger partial charge in [0, 0.05) is 12.5 Å². The van der Waals surface area contributed by atoms with Crippen LogP contribution in [0.4, 0.5) is 8.78 Å². The van der Waals surface area contributed by atoms with Gasteiger partial charge in [-0.1, -0.05) is 0 Å². The van der Waals surface area contributed by atoms with Gasteiger partial charge in [-0.15, -0.1) is 0 Å². The van der Waals surface area contributed by atoms with E-state index in [0.29, 0.717) is 6.42 Å². The molecule has 54 valence electrons. The van der Waals surface area contributed by atoms with Gasteiger partial charge >= 0.3 is 0 Å². The van der Waals surface area contributed by atoms with Crippen molar-refractivity contribution in [2.24, 2.45) is 11.8 Å². The molecule has 0 aromatic carbocycles. The second-order valence-electron chi connectivity index (χ2n) is 2.52. The fraction of sp³-hybridized carbons (Fsp3) is 1.00. The molecule has 0 aromatic heterocycles. The van der Waals surface area contributed by atoms with Crippen LogP contribution in [0.2, 0.25) is 0 Å². The average molecular weight is 136 g/mol. The Bertz CT molecular complexity index is 93.1. The number of hydrogen-bond acceptors (Lipinski definition) is 1. The van der Waals surface area contributed by atoms with Crippen LogP contribution in [0.5, 0.6) is 0 Å². The molecule has 0 saturated heterocycles. The standard InChI is InChI=1S/C6H10F2O/c7-6(8)5-2-1-4(5)3-9/h4-6,9H,1-3H2/t4-,5+/m0/s1. The summed E-state index contributed by atoms with van der Waals surface area (Å²) in [6.45, 7) is -0.0744. The Kier molecular flexibility index (Phi) is 2.01. The molecule has 9 heavy (non-hydrogen) atoms. The van der Waals surface area contributed by atoms with E-state index in [1.54, 1.807) is 0 Å². The molecular formula is C6H10F2O. The van der Waals surface area contributed by atoms with Crippen LogP contribution < -0.4 is 0 Å². The van der Waals surface area contributed by atoms with Crippen molar-refractivity contribution in [1.82, 2.24) is 0 Å². The average Bonchev–Trinajstić information content (AvgIpc) is 1.61. The lowest BCUT2D eigenvalue weighted by molar-refractivity contribution is -0.0327. The Hall–Kier alpha value is -0.180. The van der Waals surface area contributed by atoms with E-state index in [2.05, 4.69) is 0 Å². The van der Waals surface area contributed by atoms with Crippen molar-refractivity contribution in [2.45, 2.75) is 19.3 Å². The van der Waals surface area contributed by atoms with Crippen LogP contribution in [0.1, 0.15) is 12.8 Å². The Morgan fingerprint density at radius 2 is 2.11 bits per heavy atom. The highest BCUT2D eigenvalue weighted by atomic mass is 19.3. The van der Waals surface area contributed by atoms with Crippen molar-refractivity contribution < 1.29 is 13.9 Å². The molecule has 2 atom stereocenters. The minimum atomic E-state index is -2.23. The number of halogens is 2. The van der Waals surface area contributed by atoms with E-state index in [-0.39, 0.29) is 12.5 Å². The first-order valence-corrected chi connectivity index (χ1v) is 3.14. The summed E-state index contributed by atoms with van der Waals surface area (Å²) >= 11 is 0. The predicted octanol–water partition coefficient (Wildman–Crippen LogP) is 1.27. The monoisotopic (exact) mass is 136 g/mol. The molecule has 3 heteroatoms. The van der Waals surface area contributed by atoms with Gasteiger partial charge in [-0.25, -0.2) is 8.78 Å². The highest BCUT2D eigenvalue weighted by molar-refractivity contribution is 4.81. The van der Waals surface area contributed by atoms with E-state index in [1.165, 1.54) is 0 Å². The summed E-state index contributed by atoms with van der Waals surface area (Å²) in [6, 6.07) is 0. The summed E-state index contributed by atoms with van der Waals surface area (Å²) in [4.78, 5) is 0. The molecule has 1 aliphatic rings. The second-order valence-corrected chi connectivity index (χ2v) is 2.52. The first-order chi connectivity index (χ1) is 4.25. The third-order valence-electron chi connectivity index (χ3n) is 2.03. The van der Waals surface area contributed by atoms with Crippen LogP contribution in [0, 0.1) is 11.8 Å². The van der Waals surface area contributed by atoms with Gasteiger partial charge < -0.3 is 5.11 Å². The highest BCUT2D eigenvalue weighted by Gasteiger charge is 2.36. The maximum atomic E-state index is 11.8. The Morgan fingerprint density at radius 1 is 1.44 bits per heavy atom. The van der Waals surface area contributed by atoms with Crippen molar-refractivity contribution in [1.29, 1.82) is 0 Å². The van der Waals surface area contributed by atoms with Crippen molar-refractivity contribution >= 4 is 0 Å². The number of hydrogen-bond donors (Lipinski definition) is 1. The molecule has 1 saturated carbocycles. The third kappa shape index (κ3) is 1.21. The SMILES string of the molecule is OC[C@@H]1CC[C@H]1C(F)F. The molecule has 1 fully saturated rings. The van der Waals surface area contributed by atoms with E-state index >= 15 is 0 Å². The molecule has 1 nitrogen and oxygen atoms in total. The number of aliphatic hydroxyl groups excluding tert-OH is 1. The third-order valence-corrected chi connectivity index (χ3v) is 2.03. The van der Waals surface area contributed by atoms with Crippen LogP contribution in [0.3, 0.4) is 0 Å². The minimum Gasteiger partial charge on any atom is -0.396 e. The predicted molar refractivity (Wildman–Crippen MR) is 29.3 cm³/mol. The molecule has 0 bridgehead atoms. The lowest BCUT2D eigenvalue weighted by atomic mass is 9.74. The molecule has 1 aliphatic carbocycles. The van der Waals surface area contributed by atoms with Crippen molar-refractivity contribution in [3.63, 3.8) is 0 Å². The van der Waals surface area contributed by atoms with E-state index in [0.717, 1.165) is 6.42 Å². The number of alkyl halides is 2. The Morgan fingerprint density at radius 3 is 2.22 bits per heavy atom. The van der Waals surface area contributed by atoms with Gasteiger partial charge in [0.1, 0.15) is 0 Å². The summed E-state index contributed by atoms with van der Waals surface area (Å²) < 4.78 is 23.6. The lowest BCUT2D eigenvalue weighted by Crippen LogP contribution is -2.34. The van der Waals surface area contributed by atoms with Gasteiger partial charge in [0.15, 0.2) is 0 Å². The lowest BCUT2D eigenvalue weighted by Gasteiger charge is -2.34. The summed E-state index contributed by atoms with van der Waals surface area (Å²) in [5.74, 6) is -0.639. The molecule has 0 heterocycles. The van der Waals surface area contributed by atoms with Crippen molar-refractivity contribution in [2.75, 3.05) is 6.61 Å². The van der Waals surface area contributed by atoms with Crippen LogP contribution >= 0.6 is 0 Å².